The molecule has 0 aliphatic heterocycles. The van der Waals surface area contributed by atoms with E-state index in [0.29, 0.717) is 12.1 Å². The molecule has 0 unspecified atom stereocenters. The molecule has 4 nitrogen and oxygen atoms in total. The summed E-state index contributed by atoms with van der Waals surface area (Å²) in [6.07, 6.45) is 0. The van der Waals surface area contributed by atoms with E-state index < -0.39 is 0 Å². The molecule has 1 aromatic carbocycles. The lowest BCUT2D eigenvalue weighted by Gasteiger charge is -2.25. The first-order chi connectivity index (χ1) is 8.58. The van der Waals surface area contributed by atoms with Gasteiger partial charge in [-0.05, 0) is 25.5 Å². The Morgan fingerprint density at radius 1 is 1.44 bits per heavy atom. The summed E-state index contributed by atoms with van der Waals surface area (Å²) in [5, 5.41) is 9.04. The average molecular weight is 246 g/mol. The second kappa shape index (κ2) is 6.77. The van der Waals surface area contributed by atoms with Gasteiger partial charge in [0.1, 0.15) is 0 Å². The molecule has 0 atom stereocenters. The summed E-state index contributed by atoms with van der Waals surface area (Å²) in [7, 11) is 1.38. The van der Waals surface area contributed by atoms with Crippen LogP contribution in [0.15, 0.2) is 24.3 Å². The SMILES string of the molecule is COC(=O)CN(Cc1ccccc1C#N)C(C)C. The normalized spacial score (nSPS) is 10.4. The number of hydrogen-bond donors (Lipinski definition) is 0. The minimum Gasteiger partial charge on any atom is -0.468 e. The predicted molar refractivity (Wildman–Crippen MR) is 68.7 cm³/mol. The molecule has 4 heteroatoms. The molecule has 0 N–H and O–H groups in total. The van der Waals surface area contributed by atoms with Gasteiger partial charge in [0.15, 0.2) is 0 Å². The minimum atomic E-state index is -0.266. The summed E-state index contributed by atoms with van der Waals surface area (Å²) >= 11 is 0. The number of nitriles is 1. The maximum atomic E-state index is 11.3. The summed E-state index contributed by atoms with van der Waals surface area (Å²) in [6.45, 7) is 4.82. The molecule has 1 aromatic rings. The van der Waals surface area contributed by atoms with Crippen LogP contribution in [0, 0.1) is 11.3 Å². The summed E-state index contributed by atoms with van der Waals surface area (Å²) in [6, 6.07) is 9.79. The lowest BCUT2D eigenvalue weighted by molar-refractivity contribution is -0.142. The van der Waals surface area contributed by atoms with Crippen LogP contribution in [-0.4, -0.2) is 30.6 Å². The van der Waals surface area contributed by atoms with Crippen LogP contribution in [0.25, 0.3) is 0 Å². The van der Waals surface area contributed by atoms with Crippen LogP contribution in [0.5, 0.6) is 0 Å². The van der Waals surface area contributed by atoms with Crippen molar-refractivity contribution < 1.29 is 9.53 Å². The molecular weight excluding hydrogens is 228 g/mol. The van der Waals surface area contributed by atoms with Gasteiger partial charge in [0, 0.05) is 12.6 Å². The highest BCUT2D eigenvalue weighted by Crippen LogP contribution is 2.12. The summed E-state index contributed by atoms with van der Waals surface area (Å²) in [4.78, 5) is 13.3. The van der Waals surface area contributed by atoms with Gasteiger partial charge in [0.2, 0.25) is 0 Å². The Labute approximate surface area is 108 Å². The van der Waals surface area contributed by atoms with Gasteiger partial charge in [0.05, 0.1) is 25.3 Å². The highest BCUT2D eigenvalue weighted by molar-refractivity contribution is 5.71. The standard InChI is InChI=1S/C14H18N2O2/c1-11(2)16(10-14(17)18-3)9-13-7-5-4-6-12(13)8-15/h4-7,11H,9-10H2,1-3H3. The third kappa shape index (κ3) is 3.86. The molecule has 0 saturated heterocycles. The molecule has 0 aliphatic carbocycles. The molecule has 0 heterocycles. The molecule has 0 radical (unpaired) electrons. The van der Waals surface area contributed by atoms with E-state index >= 15 is 0 Å². The molecule has 18 heavy (non-hydrogen) atoms. The zero-order chi connectivity index (χ0) is 13.5. The number of hydrogen-bond acceptors (Lipinski definition) is 4. The first-order valence-corrected chi connectivity index (χ1v) is 5.87. The zero-order valence-electron chi connectivity index (χ0n) is 11.0. The zero-order valence-corrected chi connectivity index (χ0v) is 11.0. The van der Waals surface area contributed by atoms with E-state index in [2.05, 4.69) is 10.8 Å². The molecule has 96 valence electrons. The second-order valence-electron chi connectivity index (χ2n) is 4.34. The Morgan fingerprint density at radius 3 is 2.67 bits per heavy atom. The van der Waals surface area contributed by atoms with E-state index in [1.54, 1.807) is 6.07 Å². The van der Waals surface area contributed by atoms with E-state index in [9.17, 15) is 4.79 Å². The number of rotatable bonds is 5. The Balaban J connectivity index is 2.84. The van der Waals surface area contributed by atoms with Crippen LogP contribution in [-0.2, 0) is 16.1 Å². The maximum absolute atomic E-state index is 11.3. The third-order valence-electron chi connectivity index (χ3n) is 2.80. The first kappa shape index (κ1) is 14.2. The molecule has 0 aromatic heterocycles. The van der Waals surface area contributed by atoms with Gasteiger partial charge >= 0.3 is 5.97 Å². The van der Waals surface area contributed by atoms with Crippen molar-refractivity contribution in [2.45, 2.75) is 26.4 Å². The van der Waals surface area contributed by atoms with Gasteiger partial charge in [0.25, 0.3) is 0 Å². The maximum Gasteiger partial charge on any atom is 0.319 e. The van der Waals surface area contributed by atoms with Gasteiger partial charge < -0.3 is 4.74 Å². The van der Waals surface area contributed by atoms with Crippen LogP contribution in [0.2, 0.25) is 0 Å². The van der Waals surface area contributed by atoms with Crippen molar-refractivity contribution in [3.05, 3.63) is 35.4 Å². The number of nitrogens with zero attached hydrogens (tertiary/aromatic N) is 2. The van der Waals surface area contributed by atoms with Crippen LogP contribution in [0.4, 0.5) is 0 Å². The molecule has 0 saturated carbocycles. The van der Waals surface area contributed by atoms with Crippen LogP contribution in [0.3, 0.4) is 0 Å². The van der Waals surface area contributed by atoms with Crippen molar-refractivity contribution in [1.82, 2.24) is 4.90 Å². The largest absolute Gasteiger partial charge is 0.468 e. The fourth-order valence-corrected chi connectivity index (χ4v) is 1.64. The van der Waals surface area contributed by atoms with Crippen molar-refractivity contribution in [3.63, 3.8) is 0 Å². The summed E-state index contributed by atoms with van der Waals surface area (Å²) in [5.74, 6) is -0.266. The Morgan fingerprint density at radius 2 is 2.11 bits per heavy atom. The molecular formula is C14H18N2O2. The smallest absolute Gasteiger partial charge is 0.319 e. The van der Waals surface area contributed by atoms with Gasteiger partial charge in [-0.1, -0.05) is 18.2 Å². The number of ether oxygens (including phenoxy) is 1. The highest BCUT2D eigenvalue weighted by Gasteiger charge is 2.16. The quantitative estimate of drug-likeness (QED) is 0.745. The van der Waals surface area contributed by atoms with E-state index in [1.807, 2.05) is 36.9 Å². The van der Waals surface area contributed by atoms with Gasteiger partial charge in [-0.3, -0.25) is 9.69 Å². The van der Waals surface area contributed by atoms with Crippen molar-refractivity contribution in [2.75, 3.05) is 13.7 Å². The molecule has 0 amide bonds. The number of esters is 1. The number of carbonyl (C=O) groups excluding carboxylic acids is 1. The Bertz CT molecular complexity index is 449. The third-order valence-corrected chi connectivity index (χ3v) is 2.80. The van der Waals surface area contributed by atoms with Crippen molar-refractivity contribution in [3.8, 4) is 6.07 Å². The highest BCUT2D eigenvalue weighted by atomic mass is 16.5. The fourth-order valence-electron chi connectivity index (χ4n) is 1.64. The van der Waals surface area contributed by atoms with E-state index in [1.165, 1.54) is 7.11 Å². The first-order valence-electron chi connectivity index (χ1n) is 5.87. The fraction of sp³-hybridized carbons (Fsp3) is 0.429. The van der Waals surface area contributed by atoms with Crippen molar-refractivity contribution >= 4 is 5.97 Å². The van der Waals surface area contributed by atoms with E-state index in [-0.39, 0.29) is 18.6 Å². The number of benzene rings is 1. The second-order valence-corrected chi connectivity index (χ2v) is 4.34. The van der Waals surface area contributed by atoms with Crippen LogP contribution < -0.4 is 0 Å². The molecule has 0 aliphatic rings. The summed E-state index contributed by atoms with van der Waals surface area (Å²) in [5.41, 5.74) is 1.57. The molecule has 0 bridgehead atoms. The summed E-state index contributed by atoms with van der Waals surface area (Å²) < 4.78 is 4.68. The van der Waals surface area contributed by atoms with Crippen LogP contribution in [0.1, 0.15) is 25.0 Å². The molecule has 1 rings (SSSR count). The molecule has 0 spiro atoms. The lowest BCUT2D eigenvalue weighted by Crippen LogP contribution is -2.35. The van der Waals surface area contributed by atoms with Gasteiger partial charge in [-0.25, -0.2) is 0 Å². The minimum absolute atomic E-state index is 0.204. The Kier molecular flexibility index (Phi) is 5.34. The number of carbonyl (C=O) groups is 1. The topological polar surface area (TPSA) is 53.3 Å². The van der Waals surface area contributed by atoms with Crippen molar-refractivity contribution in [2.24, 2.45) is 0 Å². The molecule has 0 fully saturated rings. The predicted octanol–water partition coefficient (Wildman–Crippen LogP) is 1.94. The monoisotopic (exact) mass is 246 g/mol. The van der Waals surface area contributed by atoms with Gasteiger partial charge in [-0.2, -0.15) is 5.26 Å². The number of methoxy groups -OCH3 is 1. The van der Waals surface area contributed by atoms with E-state index in [0.717, 1.165) is 5.56 Å². The van der Waals surface area contributed by atoms with Crippen molar-refractivity contribution in [1.29, 1.82) is 5.26 Å². The van der Waals surface area contributed by atoms with Gasteiger partial charge in [-0.15, -0.1) is 0 Å². The van der Waals surface area contributed by atoms with Crippen LogP contribution >= 0.6 is 0 Å². The Hall–Kier alpha value is -1.86. The lowest BCUT2D eigenvalue weighted by atomic mass is 10.1. The average Bonchev–Trinajstić information content (AvgIpc) is 2.38. The van der Waals surface area contributed by atoms with E-state index in [4.69, 9.17) is 5.26 Å².